The molecule has 0 fully saturated rings. The Morgan fingerprint density at radius 3 is 2.78 bits per heavy atom. The molecule has 1 atom stereocenters. The van der Waals surface area contributed by atoms with E-state index in [0.717, 1.165) is 27.7 Å². The molecule has 0 aliphatic carbocycles. The van der Waals surface area contributed by atoms with Gasteiger partial charge in [0.15, 0.2) is 0 Å². The van der Waals surface area contributed by atoms with Crippen molar-refractivity contribution in [1.82, 2.24) is 0 Å². The van der Waals surface area contributed by atoms with Crippen molar-refractivity contribution in [3.63, 3.8) is 0 Å². The van der Waals surface area contributed by atoms with Crippen molar-refractivity contribution in [1.29, 1.82) is 0 Å². The summed E-state index contributed by atoms with van der Waals surface area (Å²) in [6.45, 7) is 4.30. The third kappa shape index (κ3) is 4.37. The second-order valence-corrected chi connectivity index (χ2v) is 6.63. The fraction of sp³-hybridized carbons (Fsp3) is 0.462. The average Bonchev–Trinajstić information content (AvgIpc) is 2.29. The van der Waals surface area contributed by atoms with Gasteiger partial charge in [-0.3, -0.25) is 0 Å². The second-order valence-electron chi connectivity index (χ2n) is 3.98. The Bertz CT molecular complexity index is 407. The lowest BCUT2D eigenvalue weighted by molar-refractivity contribution is 0.912. The van der Waals surface area contributed by atoms with E-state index in [9.17, 15) is 0 Å². The predicted octanol–water partition coefficient (Wildman–Crippen LogP) is 3.60. The van der Waals surface area contributed by atoms with Crippen LogP contribution in [0.4, 0.5) is 5.69 Å². The second kappa shape index (κ2) is 7.92. The fourth-order valence-corrected chi connectivity index (χ4v) is 3.46. The van der Waals surface area contributed by atoms with Crippen LogP contribution in [0.2, 0.25) is 0 Å². The zero-order valence-corrected chi connectivity index (χ0v) is 13.5. The van der Waals surface area contributed by atoms with Crippen molar-refractivity contribution >= 4 is 46.4 Å². The number of thiocarbonyl (C=S) groups is 1. The number of hydrogen-bond donors (Lipinski definition) is 2. The first kappa shape index (κ1) is 15.7. The van der Waals surface area contributed by atoms with Crippen molar-refractivity contribution < 1.29 is 0 Å². The molecule has 2 nitrogen and oxygen atoms in total. The molecule has 0 aliphatic heterocycles. The molecule has 3 N–H and O–H groups in total. The van der Waals surface area contributed by atoms with Crippen LogP contribution in [-0.2, 0) is 0 Å². The Labute approximate surface area is 123 Å². The molecule has 0 spiro atoms. The Balaban J connectivity index is 3.02. The summed E-state index contributed by atoms with van der Waals surface area (Å²) in [5.74, 6) is 2.07. The minimum absolute atomic E-state index is 0.398. The van der Waals surface area contributed by atoms with Crippen molar-refractivity contribution in [3.05, 3.63) is 23.8 Å². The highest BCUT2D eigenvalue weighted by Gasteiger charge is 2.12. The Kier molecular flexibility index (Phi) is 6.89. The summed E-state index contributed by atoms with van der Waals surface area (Å²) in [5.41, 5.74) is 7.89. The maximum Gasteiger partial charge on any atom is 0.107 e. The molecular formula is C13H20N2S3. The van der Waals surface area contributed by atoms with Gasteiger partial charge in [0.25, 0.3) is 0 Å². The monoisotopic (exact) mass is 300 g/mol. The molecule has 5 heteroatoms. The molecule has 0 heterocycles. The third-order valence-corrected chi connectivity index (χ3v) is 4.37. The van der Waals surface area contributed by atoms with Gasteiger partial charge in [-0.2, -0.15) is 11.8 Å². The Morgan fingerprint density at radius 1 is 1.50 bits per heavy atom. The lowest BCUT2D eigenvalue weighted by atomic mass is 10.1. The molecule has 18 heavy (non-hydrogen) atoms. The van der Waals surface area contributed by atoms with E-state index < -0.39 is 0 Å². The molecular weight excluding hydrogens is 280 g/mol. The zero-order chi connectivity index (χ0) is 13.5. The number of benzene rings is 1. The van der Waals surface area contributed by atoms with Crippen LogP contribution >= 0.6 is 35.7 Å². The van der Waals surface area contributed by atoms with Gasteiger partial charge in [0.05, 0.1) is 0 Å². The molecule has 0 amide bonds. The smallest absolute Gasteiger partial charge is 0.107 e. The lowest BCUT2D eigenvalue weighted by Gasteiger charge is -2.19. The average molecular weight is 301 g/mol. The number of nitrogens with two attached hydrogens (primary N) is 1. The van der Waals surface area contributed by atoms with Crippen LogP contribution in [-0.4, -0.2) is 28.8 Å². The standard InChI is InChI=1S/C13H20N2S3/c1-4-18-11-7-5-6-10(12(11)13(14)16)15-9(2)8-17-3/h5-7,9,15H,4,8H2,1-3H3,(H2,14,16). The normalized spacial score (nSPS) is 12.2. The van der Waals surface area contributed by atoms with E-state index in [0.29, 0.717) is 11.0 Å². The van der Waals surface area contributed by atoms with Gasteiger partial charge in [0, 0.05) is 27.9 Å². The topological polar surface area (TPSA) is 38.0 Å². The minimum atomic E-state index is 0.398. The van der Waals surface area contributed by atoms with Crippen molar-refractivity contribution in [2.24, 2.45) is 5.73 Å². The Hall–Kier alpha value is -0.390. The van der Waals surface area contributed by atoms with E-state index in [-0.39, 0.29) is 0 Å². The largest absolute Gasteiger partial charge is 0.389 e. The minimum Gasteiger partial charge on any atom is -0.389 e. The van der Waals surface area contributed by atoms with Gasteiger partial charge >= 0.3 is 0 Å². The van der Waals surface area contributed by atoms with E-state index in [2.05, 4.69) is 31.5 Å². The summed E-state index contributed by atoms with van der Waals surface area (Å²) in [6.07, 6.45) is 2.11. The van der Waals surface area contributed by atoms with Crippen LogP contribution < -0.4 is 11.1 Å². The number of anilines is 1. The van der Waals surface area contributed by atoms with Crippen LogP contribution in [0.15, 0.2) is 23.1 Å². The molecule has 0 saturated heterocycles. The van der Waals surface area contributed by atoms with Crippen LogP contribution in [0, 0.1) is 0 Å². The highest BCUT2D eigenvalue weighted by atomic mass is 32.2. The van der Waals surface area contributed by atoms with E-state index in [1.54, 1.807) is 11.8 Å². The zero-order valence-electron chi connectivity index (χ0n) is 11.0. The van der Waals surface area contributed by atoms with E-state index in [1.807, 2.05) is 23.9 Å². The van der Waals surface area contributed by atoms with Crippen molar-refractivity contribution in [2.45, 2.75) is 24.8 Å². The quantitative estimate of drug-likeness (QED) is 0.594. The van der Waals surface area contributed by atoms with Gasteiger partial charge in [-0.05, 0) is 31.1 Å². The third-order valence-electron chi connectivity index (χ3n) is 2.39. The van der Waals surface area contributed by atoms with Crippen LogP contribution in [0.1, 0.15) is 19.4 Å². The summed E-state index contributed by atoms with van der Waals surface area (Å²) in [7, 11) is 0. The maximum atomic E-state index is 5.87. The first-order valence-electron chi connectivity index (χ1n) is 5.91. The Morgan fingerprint density at radius 2 is 2.22 bits per heavy atom. The molecule has 1 rings (SSSR count). The summed E-state index contributed by atoms with van der Waals surface area (Å²) in [5, 5.41) is 3.49. The number of thioether (sulfide) groups is 2. The molecule has 0 bridgehead atoms. The van der Waals surface area contributed by atoms with Gasteiger partial charge in [0.1, 0.15) is 4.99 Å². The first-order valence-corrected chi connectivity index (χ1v) is 8.70. The summed E-state index contributed by atoms with van der Waals surface area (Å²) >= 11 is 8.79. The van der Waals surface area contributed by atoms with Crippen molar-refractivity contribution in [2.75, 3.05) is 23.1 Å². The highest BCUT2D eigenvalue weighted by molar-refractivity contribution is 7.99. The maximum absolute atomic E-state index is 5.87. The van der Waals surface area contributed by atoms with Gasteiger partial charge in [0.2, 0.25) is 0 Å². The van der Waals surface area contributed by atoms with Crippen LogP contribution in [0.25, 0.3) is 0 Å². The van der Waals surface area contributed by atoms with Gasteiger partial charge in [-0.25, -0.2) is 0 Å². The number of hydrogen-bond acceptors (Lipinski definition) is 4. The van der Waals surface area contributed by atoms with Gasteiger partial charge in [-0.1, -0.05) is 25.2 Å². The summed E-state index contributed by atoms with van der Waals surface area (Å²) in [4.78, 5) is 1.62. The van der Waals surface area contributed by atoms with Crippen LogP contribution in [0.5, 0.6) is 0 Å². The lowest BCUT2D eigenvalue weighted by Crippen LogP contribution is -2.21. The fourth-order valence-electron chi connectivity index (χ4n) is 1.74. The van der Waals surface area contributed by atoms with E-state index in [1.165, 1.54) is 0 Å². The molecule has 0 saturated carbocycles. The van der Waals surface area contributed by atoms with E-state index >= 15 is 0 Å². The highest BCUT2D eigenvalue weighted by Crippen LogP contribution is 2.29. The van der Waals surface area contributed by atoms with Crippen LogP contribution in [0.3, 0.4) is 0 Å². The van der Waals surface area contributed by atoms with Gasteiger partial charge < -0.3 is 11.1 Å². The molecule has 0 radical (unpaired) electrons. The summed E-state index contributed by atoms with van der Waals surface area (Å²) in [6, 6.07) is 6.57. The molecule has 0 aromatic heterocycles. The first-order chi connectivity index (χ1) is 8.60. The summed E-state index contributed by atoms with van der Waals surface area (Å²) < 4.78 is 0. The van der Waals surface area contributed by atoms with Gasteiger partial charge in [-0.15, -0.1) is 11.8 Å². The number of rotatable bonds is 7. The molecule has 1 unspecified atom stereocenters. The van der Waals surface area contributed by atoms with Crippen molar-refractivity contribution in [3.8, 4) is 0 Å². The predicted molar refractivity (Wildman–Crippen MR) is 90.2 cm³/mol. The molecule has 1 aromatic rings. The molecule has 1 aromatic carbocycles. The molecule has 100 valence electrons. The molecule has 0 aliphatic rings. The van der Waals surface area contributed by atoms with E-state index in [4.69, 9.17) is 18.0 Å². The SMILES string of the molecule is CCSc1cccc(NC(C)CSC)c1C(N)=S. The number of nitrogens with one attached hydrogen (secondary N) is 1.